The van der Waals surface area contributed by atoms with E-state index in [1.54, 1.807) is 0 Å². The molecule has 2 N–H and O–H groups in total. The van der Waals surface area contributed by atoms with Gasteiger partial charge in [-0.1, -0.05) is 13.0 Å². The first-order valence-corrected chi connectivity index (χ1v) is 6.37. The maximum absolute atomic E-state index is 5.90. The monoisotopic (exact) mass is 232 g/mol. The maximum atomic E-state index is 5.90. The Morgan fingerprint density at radius 3 is 2.94 bits per heavy atom. The summed E-state index contributed by atoms with van der Waals surface area (Å²) < 4.78 is 5.34. The quantitative estimate of drug-likeness (QED) is 0.793. The van der Waals surface area contributed by atoms with E-state index in [1.165, 1.54) is 24.1 Å². The van der Waals surface area contributed by atoms with Crippen LogP contribution in [0.2, 0.25) is 0 Å². The molecule has 0 saturated carbocycles. The molecule has 0 aliphatic carbocycles. The number of fused-ring (bicyclic) bond motifs is 1. The number of hydrogen-bond donors (Lipinski definition) is 1. The molecule has 17 heavy (non-hydrogen) atoms. The summed E-state index contributed by atoms with van der Waals surface area (Å²) in [6.07, 6.45) is 2.42. The van der Waals surface area contributed by atoms with Crippen LogP contribution in [0.5, 0.6) is 0 Å². The number of ether oxygens (including phenoxy) is 1. The van der Waals surface area contributed by atoms with Gasteiger partial charge in [0.15, 0.2) is 0 Å². The Balaban J connectivity index is 1.85. The second-order valence-electron chi connectivity index (χ2n) is 5.72. The van der Waals surface area contributed by atoms with Crippen molar-refractivity contribution in [2.75, 3.05) is 36.9 Å². The van der Waals surface area contributed by atoms with Gasteiger partial charge in [-0.15, -0.1) is 0 Å². The van der Waals surface area contributed by atoms with E-state index in [-0.39, 0.29) is 0 Å². The van der Waals surface area contributed by atoms with E-state index in [0.29, 0.717) is 5.41 Å². The van der Waals surface area contributed by atoms with Crippen molar-refractivity contribution in [1.29, 1.82) is 0 Å². The molecule has 2 aliphatic heterocycles. The molecule has 0 radical (unpaired) electrons. The first kappa shape index (κ1) is 10.9. The summed E-state index contributed by atoms with van der Waals surface area (Å²) in [6.45, 7) is 6.31. The Morgan fingerprint density at radius 2 is 2.24 bits per heavy atom. The van der Waals surface area contributed by atoms with Crippen molar-refractivity contribution >= 4 is 11.4 Å². The average molecular weight is 232 g/mol. The molecule has 3 heteroatoms. The predicted molar refractivity (Wildman–Crippen MR) is 70.3 cm³/mol. The third-order valence-corrected chi connectivity index (χ3v) is 3.80. The van der Waals surface area contributed by atoms with Gasteiger partial charge in [-0.2, -0.15) is 0 Å². The lowest BCUT2D eigenvalue weighted by Gasteiger charge is -2.44. The van der Waals surface area contributed by atoms with Crippen LogP contribution in [0.3, 0.4) is 0 Å². The smallest absolute Gasteiger partial charge is 0.0559 e. The van der Waals surface area contributed by atoms with Crippen molar-refractivity contribution < 1.29 is 4.74 Å². The van der Waals surface area contributed by atoms with Crippen LogP contribution < -0.4 is 10.6 Å². The molecule has 2 aliphatic rings. The summed E-state index contributed by atoms with van der Waals surface area (Å²) >= 11 is 0. The summed E-state index contributed by atoms with van der Waals surface area (Å²) in [5, 5.41) is 0. The number of aryl methyl sites for hydroxylation is 1. The van der Waals surface area contributed by atoms with Crippen LogP contribution >= 0.6 is 0 Å². The zero-order chi connectivity index (χ0) is 11.9. The van der Waals surface area contributed by atoms with Crippen LogP contribution in [-0.4, -0.2) is 26.3 Å². The molecule has 1 aromatic carbocycles. The van der Waals surface area contributed by atoms with E-state index in [4.69, 9.17) is 10.5 Å². The van der Waals surface area contributed by atoms with Gasteiger partial charge in [0.05, 0.1) is 13.2 Å². The van der Waals surface area contributed by atoms with Crippen LogP contribution in [0.15, 0.2) is 18.2 Å². The van der Waals surface area contributed by atoms with Gasteiger partial charge in [-0.25, -0.2) is 0 Å². The van der Waals surface area contributed by atoms with Crippen molar-refractivity contribution in [2.24, 2.45) is 5.41 Å². The number of anilines is 2. The Morgan fingerprint density at radius 1 is 1.41 bits per heavy atom. The van der Waals surface area contributed by atoms with Crippen molar-refractivity contribution in [2.45, 2.75) is 19.8 Å². The van der Waals surface area contributed by atoms with Gasteiger partial charge in [0.2, 0.25) is 0 Å². The summed E-state index contributed by atoms with van der Waals surface area (Å²) in [7, 11) is 0. The fourth-order valence-corrected chi connectivity index (χ4v) is 2.83. The molecule has 0 aromatic heterocycles. The van der Waals surface area contributed by atoms with E-state index in [2.05, 4.69) is 24.0 Å². The number of nitrogen functional groups attached to an aromatic ring is 1. The molecule has 0 spiro atoms. The van der Waals surface area contributed by atoms with Gasteiger partial charge in [0.1, 0.15) is 0 Å². The normalized spacial score (nSPS) is 21.8. The van der Waals surface area contributed by atoms with Crippen LogP contribution in [0, 0.1) is 5.41 Å². The van der Waals surface area contributed by atoms with E-state index < -0.39 is 0 Å². The molecule has 3 rings (SSSR count). The molecule has 0 atom stereocenters. The van der Waals surface area contributed by atoms with Gasteiger partial charge in [0.25, 0.3) is 0 Å². The summed E-state index contributed by atoms with van der Waals surface area (Å²) in [5.41, 5.74) is 9.88. The number of hydrogen-bond acceptors (Lipinski definition) is 3. The summed E-state index contributed by atoms with van der Waals surface area (Å²) in [4.78, 5) is 2.48. The molecule has 1 aromatic rings. The molecule has 1 fully saturated rings. The third-order valence-electron chi connectivity index (χ3n) is 3.80. The van der Waals surface area contributed by atoms with Crippen molar-refractivity contribution in [3.8, 4) is 0 Å². The zero-order valence-corrected chi connectivity index (χ0v) is 10.4. The largest absolute Gasteiger partial charge is 0.399 e. The standard InChI is InChI=1S/C14H20N2O/c1-14(9-17-10-14)8-16-6-2-3-11-4-5-12(15)7-13(11)16/h4-5,7H,2-3,6,8-10,15H2,1H3. The fourth-order valence-electron chi connectivity index (χ4n) is 2.83. The maximum Gasteiger partial charge on any atom is 0.0559 e. The second-order valence-corrected chi connectivity index (χ2v) is 5.72. The van der Waals surface area contributed by atoms with E-state index in [0.717, 1.165) is 32.0 Å². The molecule has 0 unspecified atom stereocenters. The van der Waals surface area contributed by atoms with Gasteiger partial charge < -0.3 is 15.4 Å². The molecule has 92 valence electrons. The lowest BCUT2D eigenvalue weighted by molar-refractivity contribution is -0.0957. The number of nitrogens with two attached hydrogens (primary N) is 1. The van der Waals surface area contributed by atoms with Gasteiger partial charge >= 0.3 is 0 Å². The summed E-state index contributed by atoms with van der Waals surface area (Å²) in [6, 6.07) is 6.31. The number of rotatable bonds is 2. The average Bonchev–Trinajstić information content (AvgIpc) is 2.28. The minimum absolute atomic E-state index is 0.333. The first-order chi connectivity index (χ1) is 8.16. The lowest BCUT2D eigenvalue weighted by Crippen LogP contribution is -2.50. The second kappa shape index (κ2) is 3.91. The highest BCUT2D eigenvalue weighted by Crippen LogP contribution is 2.34. The Labute approximate surface area is 103 Å². The Hall–Kier alpha value is -1.22. The molecular weight excluding hydrogens is 212 g/mol. The van der Waals surface area contributed by atoms with Crippen LogP contribution in [0.1, 0.15) is 18.9 Å². The van der Waals surface area contributed by atoms with Crippen molar-refractivity contribution in [1.82, 2.24) is 0 Å². The molecule has 0 amide bonds. The molecule has 1 saturated heterocycles. The molecule has 3 nitrogen and oxygen atoms in total. The first-order valence-electron chi connectivity index (χ1n) is 6.37. The van der Waals surface area contributed by atoms with Crippen molar-refractivity contribution in [3.63, 3.8) is 0 Å². The fraction of sp³-hybridized carbons (Fsp3) is 0.571. The van der Waals surface area contributed by atoms with Crippen LogP contribution in [-0.2, 0) is 11.2 Å². The van der Waals surface area contributed by atoms with Crippen molar-refractivity contribution in [3.05, 3.63) is 23.8 Å². The van der Waals surface area contributed by atoms with E-state index in [9.17, 15) is 0 Å². The molecule has 2 heterocycles. The van der Waals surface area contributed by atoms with Gasteiger partial charge in [-0.05, 0) is 30.5 Å². The minimum Gasteiger partial charge on any atom is -0.399 e. The lowest BCUT2D eigenvalue weighted by atomic mass is 9.87. The van der Waals surface area contributed by atoms with Gasteiger partial charge in [-0.3, -0.25) is 0 Å². The Bertz CT molecular complexity index is 426. The Kier molecular flexibility index (Phi) is 2.51. The van der Waals surface area contributed by atoms with Crippen LogP contribution in [0.25, 0.3) is 0 Å². The number of nitrogens with zero attached hydrogens (tertiary/aromatic N) is 1. The highest BCUT2D eigenvalue weighted by atomic mass is 16.5. The molecule has 0 bridgehead atoms. The van der Waals surface area contributed by atoms with E-state index >= 15 is 0 Å². The number of benzene rings is 1. The highest BCUT2D eigenvalue weighted by molar-refractivity contribution is 5.62. The zero-order valence-electron chi connectivity index (χ0n) is 10.4. The topological polar surface area (TPSA) is 38.5 Å². The predicted octanol–water partition coefficient (Wildman–Crippen LogP) is 2.06. The van der Waals surface area contributed by atoms with Gasteiger partial charge in [0, 0.05) is 29.9 Å². The summed E-state index contributed by atoms with van der Waals surface area (Å²) in [5.74, 6) is 0. The minimum atomic E-state index is 0.333. The SMILES string of the molecule is CC1(CN2CCCc3ccc(N)cc32)COC1. The highest BCUT2D eigenvalue weighted by Gasteiger charge is 2.36. The van der Waals surface area contributed by atoms with Crippen LogP contribution in [0.4, 0.5) is 11.4 Å². The molecular formula is C14H20N2O. The van der Waals surface area contributed by atoms with E-state index in [1.807, 2.05) is 6.07 Å². The third kappa shape index (κ3) is 2.00.